The number of likely N-dealkylation sites (tertiary alicyclic amines) is 1. The molecule has 1 unspecified atom stereocenters. The average Bonchev–Trinajstić information content (AvgIpc) is 3.44. The molecule has 0 saturated carbocycles. The minimum atomic E-state index is -1.07. The van der Waals surface area contributed by atoms with Gasteiger partial charge in [0.05, 0.1) is 48.9 Å². The van der Waals surface area contributed by atoms with Gasteiger partial charge < -0.3 is 25.2 Å². The molecule has 1 amide bonds. The molecule has 210 valence electrons. The number of benzene rings is 2. The number of hydrazone groups is 1. The number of ether oxygens (including phenoxy) is 2. The number of morpholine rings is 1. The first-order valence-corrected chi connectivity index (χ1v) is 13.1. The second kappa shape index (κ2) is 12.5. The number of rotatable bonds is 8. The molecule has 0 radical (unpaired) electrons. The van der Waals surface area contributed by atoms with Gasteiger partial charge >= 0.3 is 0 Å². The number of amides is 1. The lowest BCUT2D eigenvalue weighted by molar-refractivity contribution is 0.00424. The van der Waals surface area contributed by atoms with Crippen LogP contribution in [0.1, 0.15) is 22.3 Å². The van der Waals surface area contributed by atoms with Crippen LogP contribution in [0.3, 0.4) is 0 Å². The molecule has 0 bridgehead atoms. The van der Waals surface area contributed by atoms with Gasteiger partial charge in [0, 0.05) is 49.7 Å². The van der Waals surface area contributed by atoms with Gasteiger partial charge in [-0.1, -0.05) is 0 Å². The number of aromatic nitrogens is 1. The molecule has 0 aliphatic carbocycles. The van der Waals surface area contributed by atoms with E-state index in [0.29, 0.717) is 30.9 Å². The minimum absolute atomic E-state index is 0.0246. The Morgan fingerprint density at radius 1 is 1.12 bits per heavy atom. The van der Waals surface area contributed by atoms with Crippen LogP contribution < -0.4 is 11.4 Å². The van der Waals surface area contributed by atoms with Gasteiger partial charge in [0.1, 0.15) is 5.71 Å². The Hall–Kier alpha value is -4.00. The molecule has 2 aromatic carbocycles. The summed E-state index contributed by atoms with van der Waals surface area (Å²) in [6.07, 6.45) is 2.12. The lowest BCUT2D eigenvalue weighted by Gasteiger charge is -2.26. The van der Waals surface area contributed by atoms with Crippen LogP contribution in [0, 0.1) is 11.6 Å². The Bertz CT molecular complexity index is 1480. The maximum atomic E-state index is 13.7. The SMILES string of the molecule is NN=C(C=Nc1ccc(C(=O)N2CCC(OCCN3CCOCC3)C2)cc1)c1cc2cc(F)c(F)cc2[nH]c1=O. The van der Waals surface area contributed by atoms with E-state index in [1.807, 2.05) is 0 Å². The van der Waals surface area contributed by atoms with E-state index in [4.69, 9.17) is 15.3 Å². The zero-order valence-electron chi connectivity index (χ0n) is 21.8. The fraction of sp³-hybridized carbons (Fsp3) is 0.357. The van der Waals surface area contributed by atoms with Crippen molar-refractivity contribution < 1.29 is 23.0 Å². The van der Waals surface area contributed by atoms with Crippen LogP contribution in [-0.2, 0) is 9.47 Å². The lowest BCUT2D eigenvalue weighted by atomic mass is 10.1. The van der Waals surface area contributed by atoms with Crippen LogP contribution >= 0.6 is 0 Å². The molecule has 1 aromatic heterocycles. The number of aliphatic imine (C=N–C) groups is 1. The summed E-state index contributed by atoms with van der Waals surface area (Å²) in [5, 5.41) is 3.91. The van der Waals surface area contributed by atoms with E-state index in [2.05, 4.69) is 20.0 Å². The number of nitrogens with two attached hydrogens (primary N) is 1. The number of H-pyrrole nitrogens is 1. The van der Waals surface area contributed by atoms with Gasteiger partial charge in [-0.2, -0.15) is 5.10 Å². The van der Waals surface area contributed by atoms with Crippen molar-refractivity contribution >= 4 is 34.4 Å². The van der Waals surface area contributed by atoms with E-state index in [9.17, 15) is 18.4 Å². The number of hydrogen-bond donors (Lipinski definition) is 2. The molecule has 2 fully saturated rings. The first-order chi connectivity index (χ1) is 19.4. The summed E-state index contributed by atoms with van der Waals surface area (Å²) in [7, 11) is 0. The van der Waals surface area contributed by atoms with Crippen molar-refractivity contribution in [2.75, 3.05) is 52.5 Å². The highest BCUT2D eigenvalue weighted by Crippen LogP contribution is 2.20. The highest BCUT2D eigenvalue weighted by molar-refractivity contribution is 6.38. The summed E-state index contributed by atoms with van der Waals surface area (Å²) in [4.78, 5) is 36.4. The standard InChI is InChI=1S/C28H30F2N6O4/c29-23-14-19-13-22(27(37)33-25(19)15-24(23)30)26(34-31)16-32-20-3-1-18(2-4-20)28(38)36-6-5-21(17-36)40-12-9-35-7-10-39-11-8-35/h1-4,13-16,21H,5-12,17,31H2,(H,33,37). The molecule has 12 heteroatoms. The zero-order valence-corrected chi connectivity index (χ0v) is 21.8. The van der Waals surface area contributed by atoms with E-state index in [1.54, 1.807) is 29.2 Å². The summed E-state index contributed by atoms with van der Waals surface area (Å²) in [6, 6.07) is 9.97. The van der Waals surface area contributed by atoms with Crippen LogP contribution in [-0.4, -0.2) is 91.3 Å². The molecule has 0 spiro atoms. The number of halogens is 2. The van der Waals surface area contributed by atoms with Crippen molar-refractivity contribution in [1.29, 1.82) is 0 Å². The van der Waals surface area contributed by atoms with Gasteiger partial charge in [0.15, 0.2) is 11.6 Å². The summed E-state index contributed by atoms with van der Waals surface area (Å²) < 4.78 is 38.5. The number of pyridine rings is 1. The Kier molecular flexibility index (Phi) is 8.58. The highest BCUT2D eigenvalue weighted by atomic mass is 19.2. The summed E-state index contributed by atoms with van der Waals surface area (Å²) >= 11 is 0. The van der Waals surface area contributed by atoms with Gasteiger partial charge in [-0.3, -0.25) is 19.5 Å². The third-order valence-electron chi connectivity index (χ3n) is 7.05. The molecule has 3 N–H and O–H groups in total. The number of nitrogens with zero attached hydrogens (tertiary/aromatic N) is 4. The molecule has 40 heavy (non-hydrogen) atoms. The van der Waals surface area contributed by atoms with Crippen molar-refractivity contribution in [3.05, 3.63) is 75.6 Å². The molecule has 5 rings (SSSR count). The topological polar surface area (TPSA) is 126 Å². The van der Waals surface area contributed by atoms with E-state index >= 15 is 0 Å². The van der Waals surface area contributed by atoms with E-state index in [0.717, 1.165) is 51.4 Å². The largest absolute Gasteiger partial charge is 0.379 e. The first kappa shape index (κ1) is 27.6. The van der Waals surface area contributed by atoms with Crippen LogP contribution in [0.5, 0.6) is 0 Å². The fourth-order valence-corrected chi connectivity index (χ4v) is 4.79. The van der Waals surface area contributed by atoms with Crippen molar-refractivity contribution in [1.82, 2.24) is 14.8 Å². The number of carbonyl (C=O) groups excluding carboxylic acids is 1. The number of carbonyl (C=O) groups is 1. The minimum Gasteiger partial charge on any atom is -0.379 e. The van der Waals surface area contributed by atoms with Gasteiger partial charge in [-0.15, -0.1) is 0 Å². The van der Waals surface area contributed by atoms with Crippen LogP contribution in [0.2, 0.25) is 0 Å². The Labute approximate surface area is 229 Å². The Morgan fingerprint density at radius 2 is 1.88 bits per heavy atom. The molecular formula is C28H30F2N6O4. The predicted molar refractivity (Wildman–Crippen MR) is 147 cm³/mol. The average molecular weight is 553 g/mol. The lowest BCUT2D eigenvalue weighted by Crippen LogP contribution is -2.39. The van der Waals surface area contributed by atoms with Gasteiger partial charge in [0.25, 0.3) is 11.5 Å². The van der Waals surface area contributed by atoms with Gasteiger partial charge in [-0.05, 0) is 42.8 Å². The summed E-state index contributed by atoms with van der Waals surface area (Å²) in [5.41, 5.74) is 0.695. The van der Waals surface area contributed by atoms with Gasteiger partial charge in [-0.25, -0.2) is 8.78 Å². The molecule has 3 heterocycles. The maximum Gasteiger partial charge on any atom is 0.258 e. The quantitative estimate of drug-likeness (QED) is 0.251. The second-order valence-corrected chi connectivity index (χ2v) is 9.67. The fourth-order valence-electron chi connectivity index (χ4n) is 4.79. The van der Waals surface area contributed by atoms with Crippen LogP contribution in [0.25, 0.3) is 10.9 Å². The molecule has 2 aliphatic rings. The van der Waals surface area contributed by atoms with E-state index in [-0.39, 0.29) is 34.2 Å². The molecular weight excluding hydrogens is 522 g/mol. The smallest absolute Gasteiger partial charge is 0.258 e. The number of aromatic amines is 1. The van der Waals surface area contributed by atoms with Crippen molar-refractivity contribution in [3.8, 4) is 0 Å². The molecule has 3 aromatic rings. The van der Waals surface area contributed by atoms with Crippen molar-refractivity contribution in [2.24, 2.45) is 15.9 Å². The normalized spacial score (nSPS) is 18.7. The predicted octanol–water partition coefficient (Wildman–Crippen LogP) is 2.43. The summed E-state index contributed by atoms with van der Waals surface area (Å²) in [5.74, 6) is 3.31. The maximum absolute atomic E-state index is 13.7. The molecule has 1 atom stereocenters. The van der Waals surface area contributed by atoms with Crippen LogP contribution in [0.15, 0.2) is 57.4 Å². The molecule has 2 saturated heterocycles. The number of nitrogens with one attached hydrogen (secondary N) is 1. The van der Waals surface area contributed by atoms with Crippen molar-refractivity contribution in [3.63, 3.8) is 0 Å². The Balaban J connectivity index is 1.18. The second-order valence-electron chi connectivity index (χ2n) is 9.67. The summed E-state index contributed by atoms with van der Waals surface area (Å²) in [6.45, 7) is 6.03. The van der Waals surface area contributed by atoms with E-state index < -0.39 is 17.2 Å². The zero-order chi connectivity index (χ0) is 28.1. The van der Waals surface area contributed by atoms with E-state index in [1.165, 1.54) is 12.3 Å². The third kappa shape index (κ3) is 6.41. The Morgan fingerprint density at radius 3 is 2.62 bits per heavy atom. The molecule has 10 nitrogen and oxygen atoms in total. The van der Waals surface area contributed by atoms with Crippen LogP contribution in [0.4, 0.5) is 14.5 Å². The highest BCUT2D eigenvalue weighted by Gasteiger charge is 2.27. The van der Waals surface area contributed by atoms with Gasteiger partial charge in [0.2, 0.25) is 0 Å². The monoisotopic (exact) mass is 552 g/mol. The molecule has 2 aliphatic heterocycles. The third-order valence-corrected chi connectivity index (χ3v) is 7.05. The number of fused-ring (bicyclic) bond motifs is 1. The number of hydrogen-bond acceptors (Lipinski definition) is 8. The first-order valence-electron chi connectivity index (χ1n) is 13.1. The van der Waals surface area contributed by atoms with Crippen molar-refractivity contribution in [2.45, 2.75) is 12.5 Å².